The summed E-state index contributed by atoms with van der Waals surface area (Å²) in [4.78, 5) is 12.6. The Morgan fingerprint density at radius 1 is 1.45 bits per heavy atom. The molecular formula is C16H22N2OS. The second-order valence-electron chi connectivity index (χ2n) is 5.46. The van der Waals surface area contributed by atoms with E-state index in [4.69, 9.17) is 18.0 Å². The van der Waals surface area contributed by atoms with Crippen LogP contribution in [-0.4, -0.2) is 16.9 Å². The van der Waals surface area contributed by atoms with Crippen molar-refractivity contribution in [1.29, 1.82) is 0 Å². The first-order valence-electron chi connectivity index (χ1n) is 7.28. The first-order valence-corrected chi connectivity index (χ1v) is 7.69. The van der Waals surface area contributed by atoms with Gasteiger partial charge >= 0.3 is 0 Å². The minimum Gasteiger partial charge on any atom is -0.393 e. The molecule has 20 heavy (non-hydrogen) atoms. The van der Waals surface area contributed by atoms with E-state index in [0.717, 1.165) is 32.1 Å². The van der Waals surface area contributed by atoms with Crippen molar-refractivity contribution in [1.82, 2.24) is 5.32 Å². The Morgan fingerprint density at radius 2 is 2.15 bits per heavy atom. The third kappa shape index (κ3) is 3.57. The van der Waals surface area contributed by atoms with Gasteiger partial charge in [0.2, 0.25) is 5.91 Å². The fourth-order valence-electron chi connectivity index (χ4n) is 2.81. The van der Waals surface area contributed by atoms with Crippen molar-refractivity contribution >= 4 is 23.1 Å². The molecule has 0 radical (unpaired) electrons. The number of nitrogens with one attached hydrogen (secondary N) is 1. The van der Waals surface area contributed by atoms with E-state index in [-0.39, 0.29) is 17.9 Å². The molecule has 2 rings (SSSR count). The molecule has 0 saturated heterocycles. The average Bonchev–Trinajstić information content (AvgIpc) is 2.44. The van der Waals surface area contributed by atoms with E-state index in [0.29, 0.717) is 4.99 Å². The Balaban J connectivity index is 1.97. The maximum atomic E-state index is 12.3. The third-order valence-electron chi connectivity index (χ3n) is 3.93. The molecule has 3 nitrogen and oxygen atoms in total. The molecule has 3 N–H and O–H groups in total. The van der Waals surface area contributed by atoms with Crippen LogP contribution in [0, 0.1) is 5.92 Å². The molecule has 2 atom stereocenters. The molecule has 0 aliphatic heterocycles. The van der Waals surface area contributed by atoms with Crippen LogP contribution in [0.15, 0.2) is 24.3 Å². The standard InChI is InChI=1S/C16H22N2OS/c1-2-5-14(15(17)20)16(19)18-13-9-8-11-6-3-4-7-12(11)10-13/h3-4,6-7,13-14H,2,5,8-10H2,1H3,(H2,17,20)(H,18,19). The van der Waals surface area contributed by atoms with E-state index in [1.165, 1.54) is 11.1 Å². The van der Waals surface area contributed by atoms with Gasteiger partial charge in [-0.2, -0.15) is 0 Å². The minimum absolute atomic E-state index is 0.0104. The largest absolute Gasteiger partial charge is 0.393 e. The highest BCUT2D eigenvalue weighted by atomic mass is 32.1. The zero-order chi connectivity index (χ0) is 14.5. The quantitative estimate of drug-likeness (QED) is 0.819. The van der Waals surface area contributed by atoms with Gasteiger partial charge in [0.05, 0.1) is 10.9 Å². The smallest absolute Gasteiger partial charge is 0.230 e. The van der Waals surface area contributed by atoms with Gasteiger partial charge in [0.1, 0.15) is 0 Å². The number of nitrogens with two attached hydrogens (primary N) is 1. The van der Waals surface area contributed by atoms with Crippen molar-refractivity contribution in [3.63, 3.8) is 0 Å². The summed E-state index contributed by atoms with van der Waals surface area (Å²) >= 11 is 5.01. The molecule has 0 heterocycles. The van der Waals surface area contributed by atoms with Crippen molar-refractivity contribution in [2.45, 2.75) is 45.1 Å². The summed E-state index contributed by atoms with van der Waals surface area (Å²) in [7, 11) is 0. The maximum absolute atomic E-state index is 12.3. The number of carbonyl (C=O) groups excluding carboxylic acids is 1. The Labute approximate surface area is 125 Å². The first-order chi connectivity index (χ1) is 9.61. The highest BCUT2D eigenvalue weighted by Gasteiger charge is 2.25. The maximum Gasteiger partial charge on any atom is 0.230 e. The normalized spacial score (nSPS) is 18.9. The fourth-order valence-corrected chi connectivity index (χ4v) is 3.04. The van der Waals surface area contributed by atoms with Crippen LogP contribution in [0.3, 0.4) is 0 Å². The van der Waals surface area contributed by atoms with Crippen LogP contribution in [0.25, 0.3) is 0 Å². The van der Waals surface area contributed by atoms with Gasteiger partial charge in [-0.05, 0) is 36.8 Å². The lowest BCUT2D eigenvalue weighted by atomic mass is 9.88. The van der Waals surface area contributed by atoms with Crippen molar-refractivity contribution in [3.8, 4) is 0 Å². The molecule has 0 aromatic heterocycles. The highest BCUT2D eigenvalue weighted by Crippen LogP contribution is 2.21. The molecule has 1 aromatic rings. The van der Waals surface area contributed by atoms with Gasteiger partial charge < -0.3 is 11.1 Å². The van der Waals surface area contributed by atoms with Crippen LogP contribution >= 0.6 is 12.2 Å². The number of hydrogen-bond donors (Lipinski definition) is 2. The van der Waals surface area contributed by atoms with Gasteiger partial charge in [-0.1, -0.05) is 49.8 Å². The molecule has 0 bridgehead atoms. The van der Waals surface area contributed by atoms with Crippen LogP contribution < -0.4 is 11.1 Å². The predicted molar refractivity (Wildman–Crippen MR) is 85.6 cm³/mol. The van der Waals surface area contributed by atoms with Crippen LogP contribution in [0.5, 0.6) is 0 Å². The van der Waals surface area contributed by atoms with Gasteiger partial charge in [0, 0.05) is 6.04 Å². The zero-order valence-electron chi connectivity index (χ0n) is 11.9. The Hall–Kier alpha value is -1.42. The summed E-state index contributed by atoms with van der Waals surface area (Å²) < 4.78 is 0. The molecule has 2 unspecified atom stereocenters. The molecule has 1 aromatic carbocycles. The molecule has 0 saturated carbocycles. The number of carbonyl (C=O) groups is 1. The minimum atomic E-state index is -0.327. The van der Waals surface area contributed by atoms with E-state index in [2.05, 4.69) is 29.6 Å². The van der Waals surface area contributed by atoms with Gasteiger partial charge in [-0.15, -0.1) is 0 Å². The van der Waals surface area contributed by atoms with Gasteiger partial charge in [-0.25, -0.2) is 0 Å². The molecule has 1 aliphatic carbocycles. The molecule has 0 fully saturated rings. The molecular weight excluding hydrogens is 268 g/mol. The summed E-state index contributed by atoms with van der Waals surface area (Å²) in [5, 5.41) is 3.12. The number of rotatable bonds is 5. The number of thiocarbonyl (C=S) groups is 1. The van der Waals surface area contributed by atoms with Gasteiger partial charge in [-0.3, -0.25) is 4.79 Å². The van der Waals surface area contributed by atoms with Crippen LogP contribution in [0.4, 0.5) is 0 Å². The lowest BCUT2D eigenvalue weighted by molar-refractivity contribution is -0.123. The van der Waals surface area contributed by atoms with E-state index in [1.807, 2.05) is 6.92 Å². The lowest BCUT2D eigenvalue weighted by Gasteiger charge is -2.27. The third-order valence-corrected chi connectivity index (χ3v) is 4.22. The molecule has 0 spiro atoms. The van der Waals surface area contributed by atoms with E-state index >= 15 is 0 Å². The number of benzene rings is 1. The highest BCUT2D eigenvalue weighted by molar-refractivity contribution is 7.80. The number of amides is 1. The Bertz CT molecular complexity index is 501. The van der Waals surface area contributed by atoms with Crippen LogP contribution in [0.1, 0.15) is 37.3 Å². The lowest BCUT2D eigenvalue weighted by Crippen LogP contribution is -2.45. The van der Waals surface area contributed by atoms with Crippen LogP contribution in [-0.2, 0) is 17.6 Å². The first kappa shape index (κ1) is 15.0. The molecule has 1 aliphatic rings. The topological polar surface area (TPSA) is 55.1 Å². The molecule has 108 valence electrons. The second-order valence-corrected chi connectivity index (χ2v) is 5.93. The Morgan fingerprint density at radius 3 is 2.80 bits per heavy atom. The summed E-state index contributed by atoms with van der Waals surface area (Å²) in [5.41, 5.74) is 8.42. The number of fused-ring (bicyclic) bond motifs is 1. The van der Waals surface area contributed by atoms with Crippen molar-refractivity contribution in [2.24, 2.45) is 11.7 Å². The summed E-state index contributed by atoms with van der Waals surface area (Å²) in [6, 6.07) is 8.64. The SMILES string of the molecule is CCCC(C(=O)NC1CCc2ccccc2C1)C(N)=S. The summed E-state index contributed by atoms with van der Waals surface area (Å²) in [5.74, 6) is -0.337. The van der Waals surface area contributed by atoms with Crippen LogP contribution in [0.2, 0.25) is 0 Å². The van der Waals surface area contributed by atoms with Crippen molar-refractivity contribution in [3.05, 3.63) is 35.4 Å². The van der Waals surface area contributed by atoms with Gasteiger partial charge in [0.15, 0.2) is 0 Å². The number of hydrogen-bond acceptors (Lipinski definition) is 2. The van der Waals surface area contributed by atoms with Crippen molar-refractivity contribution in [2.75, 3.05) is 0 Å². The van der Waals surface area contributed by atoms with E-state index in [9.17, 15) is 4.79 Å². The fraction of sp³-hybridized carbons (Fsp3) is 0.500. The monoisotopic (exact) mass is 290 g/mol. The predicted octanol–water partition coefficient (Wildman–Crippen LogP) is 2.36. The average molecular weight is 290 g/mol. The van der Waals surface area contributed by atoms with Gasteiger partial charge in [0.25, 0.3) is 0 Å². The van der Waals surface area contributed by atoms with E-state index in [1.54, 1.807) is 0 Å². The Kier molecular flexibility index (Phi) is 5.12. The molecule has 1 amide bonds. The zero-order valence-corrected chi connectivity index (χ0v) is 12.7. The van der Waals surface area contributed by atoms with Crippen molar-refractivity contribution < 1.29 is 4.79 Å². The molecule has 4 heteroatoms. The second kappa shape index (κ2) is 6.84. The summed E-state index contributed by atoms with van der Waals surface area (Å²) in [6.45, 7) is 2.04. The summed E-state index contributed by atoms with van der Waals surface area (Å²) in [6.07, 6.45) is 4.54. The van der Waals surface area contributed by atoms with E-state index < -0.39 is 0 Å². The number of aryl methyl sites for hydroxylation is 1.